The first-order valence-corrected chi connectivity index (χ1v) is 29.5. The van der Waals surface area contributed by atoms with Gasteiger partial charge < -0.3 is 0 Å². The molecule has 6 nitrogen and oxygen atoms in total. The second-order valence-corrected chi connectivity index (χ2v) is 23.8. The SMILES string of the molecule is Cc1cc2c3c(c1)-c1ccc(cc1)CCc1ccc(cc1)-c1cc(C)cc(c1N1[C]4=[Pt]=[C]5N(c6[c-]c(ccc6)N(c6ccco6)c6[c-]c(ccc6)N4c4ccccc41)c1ccccc1N53)-c1ccc(cc1)CCc1ccc-2cc1. The van der Waals surface area contributed by atoms with Gasteiger partial charge in [-0.05, 0) is 0 Å². The van der Waals surface area contributed by atoms with Gasteiger partial charge in [0.2, 0.25) is 0 Å². The molecule has 0 saturated heterocycles. The Labute approximate surface area is 468 Å². The minimum absolute atomic E-state index is 0.677. The average molecular weight is 1200 g/mol. The van der Waals surface area contributed by atoms with E-state index in [0.29, 0.717) is 5.88 Å². The van der Waals surface area contributed by atoms with Crippen LogP contribution < -0.4 is 24.5 Å². The Hall–Kier alpha value is -9.09. The summed E-state index contributed by atoms with van der Waals surface area (Å²) in [4.78, 5) is 12.5. The molecule has 16 bridgehead atoms. The molecule has 0 spiro atoms. The Kier molecular flexibility index (Phi) is 10.6. The van der Waals surface area contributed by atoms with E-state index in [1.54, 1.807) is 6.26 Å². The molecule has 11 aromatic rings. The molecule has 20 rings (SSSR count). The third-order valence-electron chi connectivity index (χ3n) is 16.2. The Bertz CT molecular complexity index is 3930. The maximum absolute atomic E-state index is 6.34. The maximum atomic E-state index is 6.34. The molecule has 0 N–H and O–H groups in total. The number of rotatable bonds is 1. The zero-order valence-electron chi connectivity index (χ0n) is 43.7. The second-order valence-electron chi connectivity index (χ2n) is 21.2. The number of anilines is 11. The molecule has 0 unspecified atom stereocenters. The van der Waals surface area contributed by atoms with E-state index in [1.807, 2.05) is 12.1 Å². The first-order chi connectivity index (χ1) is 39.0. The predicted molar refractivity (Wildman–Crippen MR) is 321 cm³/mol. The van der Waals surface area contributed by atoms with Crippen molar-refractivity contribution in [2.45, 2.75) is 39.5 Å². The first-order valence-electron chi connectivity index (χ1n) is 27.2. The van der Waals surface area contributed by atoms with Gasteiger partial charge in [0.1, 0.15) is 0 Å². The van der Waals surface area contributed by atoms with E-state index in [4.69, 9.17) is 4.42 Å². The van der Waals surface area contributed by atoms with Crippen LogP contribution >= 0.6 is 0 Å². The van der Waals surface area contributed by atoms with E-state index in [9.17, 15) is 0 Å². The molecular formula is C72H51N5OPt-2. The second kappa shape index (κ2) is 18.3. The summed E-state index contributed by atoms with van der Waals surface area (Å²) in [5.41, 5.74) is 27.5. The molecule has 9 aliphatic rings. The summed E-state index contributed by atoms with van der Waals surface area (Å²) in [6.45, 7) is 4.51. The molecule has 0 aliphatic carbocycles. The fourth-order valence-corrected chi connectivity index (χ4v) is 16.0. The number of para-hydroxylation sites is 4. The summed E-state index contributed by atoms with van der Waals surface area (Å²) in [5.74, 6) is 0.677. The van der Waals surface area contributed by atoms with E-state index in [0.717, 1.165) is 82.6 Å². The Morgan fingerprint density at radius 3 is 1.00 bits per heavy atom. The number of aryl methyl sites for hydroxylation is 6. The molecule has 0 fully saturated rings. The molecule has 382 valence electrons. The molecule has 1 aromatic heterocycles. The third-order valence-corrected chi connectivity index (χ3v) is 19.2. The van der Waals surface area contributed by atoms with Crippen LogP contribution in [0.3, 0.4) is 0 Å². The molecule has 0 radical (unpaired) electrons. The van der Waals surface area contributed by atoms with Crippen LogP contribution in [0, 0.1) is 26.0 Å². The number of benzene rings is 10. The summed E-state index contributed by atoms with van der Waals surface area (Å²) in [6, 6.07) is 90.5. The standard InChI is InChI=1S/C72H51N5O.Pt/c1-48-40-62-54-31-23-50(24-32-54)19-21-52-27-35-56(36-28-52)64-42-49(2)43-65-57-37-29-53(30-38-57)22-20-51-25-33-55(34-26-51)63(41-48)71(62)75-46-73(66-14-3-5-16-68(66)75)58-10-7-12-60(44-58)77(70-18-9-39-78-70)61-13-8-11-59(45-61)74-47-76(72(64)65)69-17-6-4-15-67(69)74;/h3-18,23-43H,19-22H2,1-2H3;/q-2;. The van der Waals surface area contributed by atoms with Gasteiger partial charge in [-0.3, -0.25) is 0 Å². The molecule has 10 aromatic carbocycles. The van der Waals surface area contributed by atoms with Gasteiger partial charge in [-0.1, -0.05) is 0 Å². The van der Waals surface area contributed by atoms with Gasteiger partial charge >= 0.3 is 472 Å². The van der Waals surface area contributed by atoms with Crippen molar-refractivity contribution in [2.24, 2.45) is 0 Å². The Morgan fingerprint density at radius 2 is 0.671 bits per heavy atom. The van der Waals surface area contributed by atoms with Crippen molar-refractivity contribution < 1.29 is 22.1 Å². The van der Waals surface area contributed by atoms with Crippen LogP contribution in [-0.2, 0) is 43.3 Å². The zero-order valence-corrected chi connectivity index (χ0v) is 45.9. The van der Waals surface area contributed by atoms with Crippen molar-refractivity contribution >= 4 is 71.0 Å². The molecule has 0 saturated carbocycles. The Balaban J connectivity index is 1.13. The molecule has 9 aliphatic heterocycles. The molecule has 10 heterocycles. The van der Waals surface area contributed by atoms with Gasteiger partial charge in [-0.2, -0.15) is 0 Å². The molecule has 79 heavy (non-hydrogen) atoms. The van der Waals surface area contributed by atoms with Crippen molar-refractivity contribution in [1.82, 2.24) is 0 Å². The van der Waals surface area contributed by atoms with Crippen LogP contribution in [0.25, 0.3) is 44.5 Å². The van der Waals surface area contributed by atoms with Crippen LogP contribution in [-0.4, -0.2) is 8.29 Å². The number of hydrogen-bond acceptors (Lipinski definition) is 6. The summed E-state index contributed by atoms with van der Waals surface area (Å²) in [5, 5.41) is 0. The summed E-state index contributed by atoms with van der Waals surface area (Å²) in [7, 11) is 0. The predicted octanol–water partition coefficient (Wildman–Crippen LogP) is 17.7. The molecule has 7 heteroatoms. The number of hydrogen-bond donors (Lipinski definition) is 0. The van der Waals surface area contributed by atoms with Crippen LogP contribution in [0.4, 0.5) is 62.8 Å². The van der Waals surface area contributed by atoms with Crippen molar-refractivity contribution in [1.29, 1.82) is 0 Å². The van der Waals surface area contributed by atoms with E-state index in [-0.39, 0.29) is 0 Å². The number of furan rings is 1. The van der Waals surface area contributed by atoms with Crippen LogP contribution in [0.5, 0.6) is 0 Å². The fourth-order valence-electron chi connectivity index (χ4n) is 12.4. The van der Waals surface area contributed by atoms with E-state index in [2.05, 4.69) is 257 Å². The summed E-state index contributed by atoms with van der Waals surface area (Å²) >= 11 is -1.28. The average Bonchev–Trinajstić information content (AvgIpc) is 4.28. The third kappa shape index (κ3) is 7.57. The molecule has 0 amide bonds. The van der Waals surface area contributed by atoms with Gasteiger partial charge in [-0.25, -0.2) is 0 Å². The fraction of sp³-hybridized carbons (Fsp3) is 0.0833. The van der Waals surface area contributed by atoms with Gasteiger partial charge in [0.15, 0.2) is 0 Å². The topological polar surface area (TPSA) is 29.3 Å². The van der Waals surface area contributed by atoms with Crippen LogP contribution in [0.15, 0.2) is 229 Å². The summed E-state index contributed by atoms with van der Waals surface area (Å²) in [6.07, 6.45) is 5.50. The van der Waals surface area contributed by atoms with Crippen molar-refractivity contribution in [3.63, 3.8) is 0 Å². The molecular weight excluding hydrogens is 1150 g/mol. The van der Waals surface area contributed by atoms with Gasteiger partial charge in [0.05, 0.1) is 0 Å². The van der Waals surface area contributed by atoms with Gasteiger partial charge in [0, 0.05) is 0 Å². The van der Waals surface area contributed by atoms with Crippen LogP contribution in [0.2, 0.25) is 0 Å². The monoisotopic (exact) mass is 1200 g/mol. The first kappa shape index (κ1) is 46.0. The van der Waals surface area contributed by atoms with Crippen molar-refractivity contribution in [3.05, 3.63) is 270 Å². The van der Waals surface area contributed by atoms with E-state index in [1.165, 1.54) is 86.2 Å². The van der Waals surface area contributed by atoms with E-state index < -0.39 is 17.6 Å². The van der Waals surface area contributed by atoms with Crippen molar-refractivity contribution in [2.75, 3.05) is 24.5 Å². The quantitative estimate of drug-likeness (QED) is 0.152. The Morgan fingerprint density at radius 1 is 0.342 bits per heavy atom. The van der Waals surface area contributed by atoms with Gasteiger partial charge in [-0.15, -0.1) is 0 Å². The summed E-state index contributed by atoms with van der Waals surface area (Å²) < 4.78 is 8.69. The van der Waals surface area contributed by atoms with Crippen molar-refractivity contribution in [3.8, 4) is 44.5 Å². The van der Waals surface area contributed by atoms with Gasteiger partial charge in [0.25, 0.3) is 0 Å². The zero-order chi connectivity index (χ0) is 52.3. The van der Waals surface area contributed by atoms with E-state index >= 15 is 0 Å². The normalized spacial score (nSPS) is 14.6. The number of nitrogens with zero attached hydrogens (tertiary/aromatic N) is 5. The molecule has 0 atom stereocenters. The number of fused-ring (bicyclic) bond motifs is 14. The van der Waals surface area contributed by atoms with Crippen LogP contribution in [0.1, 0.15) is 33.4 Å². The minimum atomic E-state index is -1.28.